The molecule has 1 aromatic rings. The van der Waals surface area contributed by atoms with Crippen LogP contribution in [0.25, 0.3) is 0 Å². The van der Waals surface area contributed by atoms with Gasteiger partial charge in [-0.2, -0.15) is 5.26 Å². The van der Waals surface area contributed by atoms with Crippen LogP contribution in [0.4, 0.5) is 0 Å². The van der Waals surface area contributed by atoms with Crippen LogP contribution < -0.4 is 0 Å². The molecule has 0 spiro atoms. The van der Waals surface area contributed by atoms with Crippen molar-refractivity contribution in [3.8, 4) is 6.07 Å². The van der Waals surface area contributed by atoms with Crippen molar-refractivity contribution < 1.29 is 14.6 Å². The molecule has 2 rings (SSSR count). The second-order valence-electron chi connectivity index (χ2n) is 3.59. The molecule has 0 radical (unpaired) electrons. The van der Waals surface area contributed by atoms with Gasteiger partial charge in [-0.3, -0.25) is 0 Å². The zero-order chi connectivity index (χ0) is 11.4. The van der Waals surface area contributed by atoms with Gasteiger partial charge < -0.3 is 14.6 Å². The summed E-state index contributed by atoms with van der Waals surface area (Å²) in [4.78, 5) is 0. The summed E-state index contributed by atoms with van der Waals surface area (Å²) in [6.07, 6.45) is -0.724. The van der Waals surface area contributed by atoms with Crippen molar-refractivity contribution in [2.75, 3.05) is 13.2 Å². The molecule has 1 aliphatic heterocycles. The van der Waals surface area contributed by atoms with Gasteiger partial charge in [0.2, 0.25) is 0 Å². The Hall–Kier alpha value is -1.41. The van der Waals surface area contributed by atoms with Crippen LogP contribution in [0.3, 0.4) is 0 Å². The number of aliphatic hydroxyl groups excluding tert-OH is 1. The fraction of sp³-hybridized carbons (Fsp3) is 0.417. The Bertz CT molecular complexity index is 393. The fourth-order valence-corrected chi connectivity index (χ4v) is 1.71. The molecule has 1 atom stereocenters. The van der Waals surface area contributed by atoms with Crippen LogP contribution in [0.2, 0.25) is 0 Å². The lowest BCUT2D eigenvalue weighted by atomic mass is 10.0. The molecule has 4 heteroatoms. The van der Waals surface area contributed by atoms with Crippen LogP contribution in [-0.4, -0.2) is 18.3 Å². The van der Waals surface area contributed by atoms with Gasteiger partial charge in [-0.15, -0.1) is 0 Å². The highest BCUT2D eigenvalue weighted by Gasteiger charge is 2.22. The second kappa shape index (κ2) is 5.08. The van der Waals surface area contributed by atoms with E-state index < -0.39 is 12.4 Å². The SMILES string of the molecule is N#CC(O)c1ccccc1C1OCCCO1. The van der Waals surface area contributed by atoms with Crippen molar-refractivity contribution in [2.24, 2.45) is 0 Å². The molecule has 1 aliphatic rings. The summed E-state index contributed by atoms with van der Waals surface area (Å²) in [7, 11) is 0. The van der Waals surface area contributed by atoms with Crippen LogP contribution in [0.1, 0.15) is 29.9 Å². The smallest absolute Gasteiger partial charge is 0.184 e. The molecule has 0 amide bonds. The summed E-state index contributed by atoms with van der Waals surface area (Å²) in [5.41, 5.74) is 1.29. The first-order chi connectivity index (χ1) is 7.83. The molecule has 0 aromatic heterocycles. The van der Waals surface area contributed by atoms with E-state index in [1.807, 2.05) is 12.1 Å². The van der Waals surface area contributed by atoms with Crippen molar-refractivity contribution >= 4 is 0 Å². The summed E-state index contributed by atoms with van der Waals surface area (Å²) in [5, 5.41) is 18.3. The lowest BCUT2D eigenvalue weighted by Gasteiger charge is -2.25. The van der Waals surface area contributed by atoms with E-state index in [1.165, 1.54) is 0 Å². The molecular weight excluding hydrogens is 206 g/mol. The van der Waals surface area contributed by atoms with Crippen molar-refractivity contribution in [1.29, 1.82) is 5.26 Å². The van der Waals surface area contributed by atoms with Gasteiger partial charge in [-0.1, -0.05) is 24.3 Å². The average molecular weight is 219 g/mol. The van der Waals surface area contributed by atoms with Gasteiger partial charge in [-0.25, -0.2) is 0 Å². The van der Waals surface area contributed by atoms with Crippen LogP contribution in [-0.2, 0) is 9.47 Å². The molecule has 0 saturated carbocycles. The highest BCUT2D eigenvalue weighted by atomic mass is 16.7. The number of aliphatic hydroxyl groups is 1. The number of nitrogens with zero attached hydrogens (tertiary/aromatic N) is 1. The molecule has 1 fully saturated rings. The van der Waals surface area contributed by atoms with Crippen LogP contribution in [0.5, 0.6) is 0 Å². The second-order valence-corrected chi connectivity index (χ2v) is 3.59. The Kier molecular flexibility index (Phi) is 3.52. The minimum absolute atomic E-state index is 0.465. The Morgan fingerprint density at radius 2 is 2.00 bits per heavy atom. The van der Waals surface area contributed by atoms with E-state index in [0.717, 1.165) is 12.0 Å². The molecule has 0 bridgehead atoms. The first kappa shape index (κ1) is 11.1. The highest BCUT2D eigenvalue weighted by molar-refractivity contribution is 5.32. The van der Waals surface area contributed by atoms with Crippen LogP contribution in [0, 0.1) is 11.3 Å². The third-order valence-corrected chi connectivity index (χ3v) is 2.49. The maximum absolute atomic E-state index is 9.57. The molecule has 0 aliphatic carbocycles. The largest absolute Gasteiger partial charge is 0.374 e. The van der Waals surface area contributed by atoms with Gasteiger partial charge in [0.25, 0.3) is 0 Å². The molecule has 84 valence electrons. The van der Waals surface area contributed by atoms with Crippen molar-refractivity contribution in [2.45, 2.75) is 18.8 Å². The van der Waals surface area contributed by atoms with E-state index in [4.69, 9.17) is 14.7 Å². The standard InChI is InChI=1S/C12H13NO3/c13-8-11(14)9-4-1-2-5-10(9)12-15-6-3-7-16-12/h1-2,4-5,11-12,14H,3,6-7H2. The predicted octanol–water partition coefficient (Wildman–Crippen LogP) is 1.68. The lowest BCUT2D eigenvalue weighted by Crippen LogP contribution is -2.19. The number of nitriles is 1. The lowest BCUT2D eigenvalue weighted by molar-refractivity contribution is -0.183. The zero-order valence-corrected chi connectivity index (χ0v) is 8.80. The summed E-state index contributed by atoms with van der Waals surface area (Å²) >= 11 is 0. The van der Waals surface area contributed by atoms with E-state index in [1.54, 1.807) is 18.2 Å². The topological polar surface area (TPSA) is 62.5 Å². The van der Waals surface area contributed by atoms with Crippen LogP contribution >= 0.6 is 0 Å². The maximum atomic E-state index is 9.57. The van der Waals surface area contributed by atoms with Gasteiger partial charge in [-0.05, 0) is 6.42 Å². The average Bonchev–Trinajstić information content (AvgIpc) is 2.39. The third-order valence-electron chi connectivity index (χ3n) is 2.49. The molecule has 4 nitrogen and oxygen atoms in total. The van der Waals surface area contributed by atoms with Gasteiger partial charge in [0.1, 0.15) is 0 Å². The quantitative estimate of drug-likeness (QED) is 0.769. The Balaban J connectivity index is 2.28. The molecule has 16 heavy (non-hydrogen) atoms. The molecule has 1 heterocycles. The summed E-state index contributed by atoms with van der Waals surface area (Å²) < 4.78 is 10.9. The van der Waals surface area contributed by atoms with E-state index in [0.29, 0.717) is 18.8 Å². The van der Waals surface area contributed by atoms with Gasteiger partial charge in [0.15, 0.2) is 12.4 Å². The van der Waals surface area contributed by atoms with E-state index in [2.05, 4.69) is 0 Å². The van der Waals surface area contributed by atoms with Crippen molar-refractivity contribution in [1.82, 2.24) is 0 Å². The third kappa shape index (κ3) is 2.22. The highest BCUT2D eigenvalue weighted by Crippen LogP contribution is 2.28. The van der Waals surface area contributed by atoms with Gasteiger partial charge >= 0.3 is 0 Å². The first-order valence-electron chi connectivity index (χ1n) is 5.22. The summed E-state index contributed by atoms with van der Waals surface area (Å²) in [5.74, 6) is 0. The molecule has 1 saturated heterocycles. The molecule has 1 aromatic carbocycles. The molecule has 1 N–H and O–H groups in total. The minimum Gasteiger partial charge on any atom is -0.374 e. The fourth-order valence-electron chi connectivity index (χ4n) is 1.71. The van der Waals surface area contributed by atoms with E-state index in [-0.39, 0.29) is 0 Å². The minimum atomic E-state index is -1.13. The van der Waals surface area contributed by atoms with Gasteiger partial charge in [0, 0.05) is 11.1 Å². The van der Waals surface area contributed by atoms with Crippen molar-refractivity contribution in [3.63, 3.8) is 0 Å². The van der Waals surface area contributed by atoms with E-state index >= 15 is 0 Å². The Labute approximate surface area is 94.0 Å². The molecule has 1 unspecified atom stereocenters. The summed E-state index contributed by atoms with van der Waals surface area (Å²) in [6, 6.07) is 8.95. The predicted molar refractivity (Wildman–Crippen MR) is 56.3 cm³/mol. The number of ether oxygens (including phenoxy) is 2. The normalized spacial score (nSPS) is 19.0. The monoisotopic (exact) mass is 219 g/mol. The first-order valence-corrected chi connectivity index (χ1v) is 5.22. The number of benzene rings is 1. The Morgan fingerprint density at radius 1 is 1.31 bits per heavy atom. The number of hydrogen-bond donors (Lipinski definition) is 1. The van der Waals surface area contributed by atoms with Gasteiger partial charge in [0.05, 0.1) is 19.3 Å². The van der Waals surface area contributed by atoms with Crippen molar-refractivity contribution in [3.05, 3.63) is 35.4 Å². The zero-order valence-electron chi connectivity index (χ0n) is 8.80. The van der Waals surface area contributed by atoms with E-state index in [9.17, 15) is 5.11 Å². The molecular formula is C12H13NO3. The summed E-state index contributed by atoms with van der Waals surface area (Å²) in [6.45, 7) is 1.28. The van der Waals surface area contributed by atoms with Crippen LogP contribution in [0.15, 0.2) is 24.3 Å². The Morgan fingerprint density at radius 3 is 2.69 bits per heavy atom. The number of hydrogen-bond acceptors (Lipinski definition) is 4. The maximum Gasteiger partial charge on any atom is 0.184 e. The number of rotatable bonds is 2.